The van der Waals surface area contributed by atoms with Crippen LogP contribution in [0, 0.1) is 5.82 Å². The average Bonchev–Trinajstić information content (AvgIpc) is 2.35. The first-order chi connectivity index (χ1) is 5.29. The van der Waals surface area contributed by atoms with Gasteiger partial charge in [0, 0.05) is 6.20 Å². The molecule has 0 saturated carbocycles. The van der Waals surface area contributed by atoms with E-state index < -0.39 is 0 Å². The monoisotopic (exact) mass is 151 g/mol. The highest BCUT2D eigenvalue weighted by molar-refractivity contribution is 5.48. The molecule has 0 atom stereocenters. The van der Waals surface area contributed by atoms with Crippen LogP contribution in [0.5, 0.6) is 0 Å². The molecule has 0 saturated heterocycles. The highest BCUT2D eigenvalue weighted by atomic mass is 19.1. The molecule has 0 unspecified atom stereocenters. The highest BCUT2D eigenvalue weighted by Crippen LogP contribution is 2.10. The summed E-state index contributed by atoms with van der Waals surface area (Å²) in [6, 6.07) is 2.93. The lowest BCUT2D eigenvalue weighted by Gasteiger charge is -1.94. The van der Waals surface area contributed by atoms with Crippen molar-refractivity contribution in [2.24, 2.45) is 0 Å². The van der Waals surface area contributed by atoms with Crippen molar-refractivity contribution in [1.82, 2.24) is 9.38 Å². The Balaban J connectivity index is 2.94. The van der Waals surface area contributed by atoms with E-state index >= 15 is 0 Å². The second-order valence-corrected chi connectivity index (χ2v) is 2.23. The molecule has 0 aliphatic rings. The van der Waals surface area contributed by atoms with Crippen LogP contribution in [-0.2, 0) is 0 Å². The van der Waals surface area contributed by atoms with Crippen molar-refractivity contribution in [3.8, 4) is 0 Å². The van der Waals surface area contributed by atoms with E-state index in [4.69, 9.17) is 5.73 Å². The number of rotatable bonds is 0. The number of halogens is 1. The first-order valence-electron chi connectivity index (χ1n) is 3.16. The van der Waals surface area contributed by atoms with Gasteiger partial charge in [-0.25, -0.2) is 9.37 Å². The van der Waals surface area contributed by atoms with Gasteiger partial charge in [-0.1, -0.05) is 0 Å². The third-order valence-electron chi connectivity index (χ3n) is 1.52. The maximum Gasteiger partial charge on any atom is 0.174 e. The van der Waals surface area contributed by atoms with Gasteiger partial charge in [-0.15, -0.1) is 0 Å². The van der Waals surface area contributed by atoms with E-state index in [1.807, 2.05) is 0 Å². The highest BCUT2D eigenvalue weighted by Gasteiger charge is 2.02. The average molecular weight is 151 g/mol. The van der Waals surface area contributed by atoms with Crippen LogP contribution in [0.2, 0.25) is 0 Å². The Morgan fingerprint density at radius 3 is 3.09 bits per heavy atom. The molecule has 56 valence electrons. The number of nitrogen functional groups attached to an aromatic ring is 1. The van der Waals surface area contributed by atoms with Gasteiger partial charge >= 0.3 is 0 Å². The molecule has 0 radical (unpaired) electrons. The summed E-state index contributed by atoms with van der Waals surface area (Å²) < 4.78 is 14.4. The molecule has 2 aromatic rings. The van der Waals surface area contributed by atoms with Gasteiger partial charge in [-0.3, -0.25) is 4.40 Å². The maximum atomic E-state index is 12.9. The van der Waals surface area contributed by atoms with Crippen LogP contribution in [0.15, 0.2) is 24.5 Å². The largest absolute Gasteiger partial charge is 0.383 e. The molecule has 0 bridgehead atoms. The molecule has 0 aromatic carbocycles. The molecular formula is C7H6FN3. The van der Waals surface area contributed by atoms with Gasteiger partial charge < -0.3 is 5.73 Å². The molecule has 0 amide bonds. The smallest absolute Gasteiger partial charge is 0.174 e. The number of hydrogen-bond donors (Lipinski definition) is 1. The van der Waals surface area contributed by atoms with Crippen LogP contribution < -0.4 is 5.73 Å². The van der Waals surface area contributed by atoms with Crippen LogP contribution in [0.3, 0.4) is 0 Å². The Morgan fingerprint density at radius 1 is 1.55 bits per heavy atom. The van der Waals surface area contributed by atoms with Gasteiger partial charge in [-0.05, 0) is 12.1 Å². The Morgan fingerprint density at radius 2 is 2.36 bits per heavy atom. The summed E-state index contributed by atoms with van der Waals surface area (Å²) in [6.45, 7) is 0. The van der Waals surface area contributed by atoms with Gasteiger partial charge in [0.05, 0.1) is 6.20 Å². The fourth-order valence-electron chi connectivity index (χ4n) is 0.995. The van der Waals surface area contributed by atoms with E-state index in [0.717, 1.165) is 0 Å². The fourth-order valence-corrected chi connectivity index (χ4v) is 0.995. The van der Waals surface area contributed by atoms with E-state index in [0.29, 0.717) is 5.82 Å². The van der Waals surface area contributed by atoms with Gasteiger partial charge in [0.2, 0.25) is 0 Å². The van der Waals surface area contributed by atoms with Gasteiger partial charge in [0.15, 0.2) is 11.5 Å². The Kier molecular flexibility index (Phi) is 1.09. The summed E-state index contributed by atoms with van der Waals surface area (Å²) in [5.41, 5.74) is 5.75. The summed E-state index contributed by atoms with van der Waals surface area (Å²) in [4.78, 5) is 3.78. The molecule has 0 spiro atoms. The number of nitrogens with zero attached hydrogens (tertiary/aromatic N) is 2. The Hall–Kier alpha value is -1.58. The Bertz CT molecular complexity index is 393. The van der Waals surface area contributed by atoms with Crippen LogP contribution in [-0.4, -0.2) is 9.38 Å². The van der Waals surface area contributed by atoms with Crippen molar-refractivity contribution >= 4 is 11.5 Å². The zero-order valence-electron chi connectivity index (χ0n) is 5.66. The molecule has 4 heteroatoms. The van der Waals surface area contributed by atoms with Crippen molar-refractivity contribution in [2.75, 3.05) is 5.73 Å². The third-order valence-corrected chi connectivity index (χ3v) is 1.52. The minimum Gasteiger partial charge on any atom is -0.383 e. The molecule has 2 heterocycles. The lowest BCUT2D eigenvalue weighted by Crippen LogP contribution is -1.92. The van der Waals surface area contributed by atoms with Crippen molar-refractivity contribution in [1.29, 1.82) is 0 Å². The standard InChI is InChI=1S/C7H6FN3/c8-5-2-1-3-11-6(9)4-10-7(5)11/h1-4H,9H2. The first kappa shape index (κ1) is 6.15. The number of anilines is 1. The second kappa shape index (κ2) is 1.95. The molecule has 2 rings (SSSR count). The second-order valence-electron chi connectivity index (χ2n) is 2.23. The predicted octanol–water partition coefficient (Wildman–Crippen LogP) is 1.06. The van der Waals surface area contributed by atoms with Crippen molar-refractivity contribution in [3.05, 3.63) is 30.3 Å². The quantitative estimate of drug-likeness (QED) is 0.611. The van der Waals surface area contributed by atoms with Crippen molar-refractivity contribution in [3.63, 3.8) is 0 Å². The van der Waals surface area contributed by atoms with Crippen molar-refractivity contribution in [2.45, 2.75) is 0 Å². The van der Waals surface area contributed by atoms with E-state index in [9.17, 15) is 4.39 Å². The van der Waals surface area contributed by atoms with Gasteiger partial charge in [0.25, 0.3) is 0 Å². The predicted molar refractivity (Wildman–Crippen MR) is 39.6 cm³/mol. The van der Waals surface area contributed by atoms with E-state index in [-0.39, 0.29) is 11.5 Å². The van der Waals surface area contributed by atoms with Crippen LogP contribution in [0.1, 0.15) is 0 Å². The summed E-state index contributed by atoms with van der Waals surface area (Å²) in [5.74, 6) is 0.0868. The minimum atomic E-state index is -0.357. The Labute approximate surface area is 62.3 Å². The van der Waals surface area contributed by atoms with Crippen LogP contribution in [0.4, 0.5) is 10.2 Å². The van der Waals surface area contributed by atoms with Crippen LogP contribution >= 0.6 is 0 Å². The van der Waals surface area contributed by atoms with E-state index in [1.54, 1.807) is 12.3 Å². The zero-order chi connectivity index (χ0) is 7.84. The topological polar surface area (TPSA) is 43.3 Å². The molecule has 0 aliphatic carbocycles. The molecule has 0 fully saturated rings. The number of imidazole rings is 1. The normalized spacial score (nSPS) is 10.6. The number of fused-ring (bicyclic) bond motifs is 1. The van der Waals surface area contributed by atoms with E-state index in [1.165, 1.54) is 16.7 Å². The minimum absolute atomic E-state index is 0.269. The lowest BCUT2D eigenvalue weighted by atomic mass is 10.4. The summed E-state index contributed by atoms with van der Waals surface area (Å²) in [5, 5.41) is 0. The lowest BCUT2D eigenvalue weighted by molar-refractivity contribution is 0.630. The number of nitrogens with two attached hydrogens (primary N) is 1. The fraction of sp³-hybridized carbons (Fsp3) is 0. The number of pyridine rings is 1. The molecule has 11 heavy (non-hydrogen) atoms. The van der Waals surface area contributed by atoms with Crippen molar-refractivity contribution < 1.29 is 4.39 Å². The molecule has 2 aromatic heterocycles. The SMILES string of the molecule is Nc1cnc2c(F)cccn12. The summed E-state index contributed by atoms with van der Waals surface area (Å²) in [7, 11) is 0. The third kappa shape index (κ3) is 0.756. The van der Waals surface area contributed by atoms with E-state index in [2.05, 4.69) is 4.98 Å². The van der Waals surface area contributed by atoms with Crippen LogP contribution in [0.25, 0.3) is 5.65 Å². The molecule has 2 N–H and O–H groups in total. The molecule has 3 nitrogen and oxygen atoms in total. The summed E-state index contributed by atoms with van der Waals surface area (Å²) in [6.07, 6.45) is 3.10. The van der Waals surface area contributed by atoms with Gasteiger partial charge in [-0.2, -0.15) is 0 Å². The maximum absolute atomic E-state index is 12.9. The molecular weight excluding hydrogens is 145 g/mol. The zero-order valence-corrected chi connectivity index (χ0v) is 5.66. The summed E-state index contributed by atoms with van der Waals surface area (Å²) >= 11 is 0. The molecule has 0 aliphatic heterocycles. The van der Waals surface area contributed by atoms with Gasteiger partial charge in [0.1, 0.15) is 5.82 Å². The number of aromatic nitrogens is 2. The first-order valence-corrected chi connectivity index (χ1v) is 3.16. The number of hydrogen-bond acceptors (Lipinski definition) is 2.